The lowest BCUT2D eigenvalue weighted by atomic mass is 10.1. The third-order valence-corrected chi connectivity index (χ3v) is 7.46. The van der Waals surface area contributed by atoms with E-state index in [1.807, 2.05) is 37.3 Å². The van der Waals surface area contributed by atoms with E-state index in [9.17, 15) is 22.4 Å². The lowest BCUT2D eigenvalue weighted by Crippen LogP contribution is -2.51. The Hall–Kier alpha value is -3.92. The van der Waals surface area contributed by atoms with Gasteiger partial charge in [-0.25, -0.2) is 12.8 Å². The number of hydrogen-bond acceptors (Lipinski definition) is 5. The molecular formula is C30H36FN3O5S. The molecule has 1 unspecified atom stereocenters. The van der Waals surface area contributed by atoms with Crippen LogP contribution >= 0.6 is 0 Å². The number of rotatable bonds is 14. The van der Waals surface area contributed by atoms with Crippen LogP contribution in [0, 0.1) is 5.82 Å². The zero-order valence-corrected chi connectivity index (χ0v) is 23.9. The van der Waals surface area contributed by atoms with E-state index in [4.69, 9.17) is 4.74 Å². The van der Waals surface area contributed by atoms with Gasteiger partial charge >= 0.3 is 0 Å². The highest BCUT2D eigenvalue weighted by Gasteiger charge is 2.30. The van der Waals surface area contributed by atoms with Gasteiger partial charge in [-0.2, -0.15) is 0 Å². The predicted molar refractivity (Wildman–Crippen MR) is 154 cm³/mol. The number of carbonyl (C=O) groups is 2. The molecule has 0 aliphatic carbocycles. The Balaban J connectivity index is 1.79. The predicted octanol–water partition coefficient (Wildman–Crippen LogP) is 4.50. The minimum absolute atomic E-state index is 0.00530. The first-order valence-electron chi connectivity index (χ1n) is 13.1. The standard InChI is InChI=1S/C30H36FN3O5S/c1-4-5-19-32-30(36)23(2)33(20-24-11-13-26(31)14-12-24)29(35)21-34(40(3,37)38)27-15-17-28(18-16-27)39-22-25-9-7-6-8-10-25/h6-18,23H,4-5,19-22H2,1-3H3,(H,32,36). The molecule has 0 radical (unpaired) electrons. The van der Waals surface area contributed by atoms with E-state index in [-0.39, 0.29) is 18.1 Å². The summed E-state index contributed by atoms with van der Waals surface area (Å²) in [5.74, 6) is -0.804. The normalized spacial score (nSPS) is 11.9. The molecule has 8 nitrogen and oxygen atoms in total. The minimum atomic E-state index is -3.86. The molecule has 2 amide bonds. The van der Waals surface area contributed by atoms with Crippen LogP contribution in [0.25, 0.3) is 0 Å². The first kappa shape index (κ1) is 30.6. The van der Waals surface area contributed by atoms with Crippen molar-refractivity contribution in [1.82, 2.24) is 10.2 Å². The van der Waals surface area contributed by atoms with Crippen LogP contribution in [-0.4, -0.2) is 50.5 Å². The maximum atomic E-state index is 13.6. The van der Waals surface area contributed by atoms with Crippen LogP contribution in [0.1, 0.15) is 37.8 Å². The summed E-state index contributed by atoms with van der Waals surface area (Å²) in [5.41, 5.74) is 1.88. The Morgan fingerprint density at radius 2 is 1.60 bits per heavy atom. The van der Waals surface area contributed by atoms with Crippen LogP contribution in [0.5, 0.6) is 5.75 Å². The van der Waals surface area contributed by atoms with Gasteiger partial charge < -0.3 is 15.0 Å². The smallest absolute Gasteiger partial charge is 0.244 e. The highest BCUT2D eigenvalue weighted by Crippen LogP contribution is 2.23. The van der Waals surface area contributed by atoms with Crippen molar-refractivity contribution in [3.05, 3.63) is 95.8 Å². The molecule has 3 aromatic carbocycles. The molecule has 0 aliphatic rings. The molecule has 40 heavy (non-hydrogen) atoms. The molecule has 10 heteroatoms. The van der Waals surface area contributed by atoms with E-state index in [1.54, 1.807) is 31.2 Å². The van der Waals surface area contributed by atoms with Gasteiger partial charge in [0.05, 0.1) is 11.9 Å². The number of nitrogens with one attached hydrogen (secondary N) is 1. The number of benzene rings is 3. The van der Waals surface area contributed by atoms with Gasteiger partial charge in [-0.15, -0.1) is 0 Å². The Kier molecular flexibility index (Phi) is 11.1. The van der Waals surface area contributed by atoms with Crippen molar-refractivity contribution in [3.63, 3.8) is 0 Å². The Morgan fingerprint density at radius 3 is 2.20 bits per heavy atom. The number of sulfonamides is 1. The van der Waals surface area contributed by atoms with Crippen molar-refractivity contribution < 1.29 is 27.1 Å². The van der Waals surface area contributed by atoms with E-state index in [2.05, 4.69) is 5.32 Å². The molecule has 0 saturated heterocycles. The average molecular weight is 570 g/mol. The van der Waals surface area contributed by atoms with Crippen molar-refractivity contribution in [2.24, 2.45) is 0 Å². The van der Waals surface area contributed by atoms with Gasteiger partial charge in [0, 0.05) is 13.1 Å². The summed E-state index contributed by atoms with van der Waals surface area (Å²) in [4.78, 5) is 27.7. The van der Waals surface area contributed by atoms with Crippen molar-refractivity contribution in [3.8, 4) is 5.75 Å². The molecule has 0 fully saturated rings. The number of hydrogen-bond donors (Lipinski definition) is 1. The first-order valence-corrected chi connectivity index (χ1v) is 15.0. The van der Waals surface area contributed by atoms with Crippen LogP contribution in [0.3, 0.4) is 0 Å². The molecule has 0 spiro atoms. The molecule has 0 heterocycles. The quantitative estimate of drug-likeness (QED) is 0.289. The number of unbranched alkanes of at least 4 members (excludes halogenated alkanes) is 1. The topological polar surface area (TPSA) is 96.0 Å². The second-order valence-corrected chi connectivity index (χ2v) is 11.4. The van der Waals surface area contributed by atoms with Crippen molar-refractivity contribution in [1.29, 1.82) is 0 Å². The van der Waals surface area contributed by atoms with E-state index in [1.165, 1.54) is 29.2 Å². The highest BCUT2D eigenvalue weighted by molar-refractivity contribution is 7.92. The zero-order chi connectivity index (χ0) is 29.1. The van der Waals surface area contributed by atoms with E-state index < -0.39 is 34.3 Å². The van der Waals surface area contributed by atoms with Crippen LogP contribution < -0.4 is 14.4 Å². The largest absolute Gasteiger partial charge is 0.489 e. The summed E-state index contributed by atoms with van der Waals surface area (Å²) in [7, 11) is -3.86. The molecule has 0 aliphatic heterocycles. The van der Waals surface area contributed by atoms with Gasteiger partial charge in [0.15, 0.2) is 0 Å². The van der Waals surface area contributed by atoms with Crippen LogP contribution in [0.15, 0.2) is 78.9 Å². The summed E-state index contributed by atoms with van der Waals surface area (Å²) in [6, 6.07) is 20.8. The maximum absolute atomic E-state index is 13.6. The Bertz CT molecular complexity index is 1350. The summed E-state index contributed by atoms with van der Waals surface area (Å²) in [6.07, 6.45) is 2.70. The van der Waals surface area contributed by atoms with Crippen molar-refractivity contribution in [2.75, 3.05) is 23.7 Å². The molecule has 0 bridgehead atoms. The van der Waals surface area contributed by atoms with Gasteiger partial charge in [0.2, 0.25) is 21.8 Å². The molecule has 1 atom stereocenters. The van der Waals surface area contributed by atoms with Crippen LogP contribution in [0.2, 0.25) is 0 Å². The second-order valence-electron chi connectivity index (χ2n) is 9.51. The van der Waals surface area contributed by atoms with Gasteiger partial charge in [0.25, 0.3) is 0 Å². The third-order valence-electron chi connectivity index (χ3n) is 6.32. The van der Waals surface area contributed by atoms with Gasteiger partial charge in [-0.3, -0.25) is 13.9 Å². The van der Waals surface area contributed by atoms with Crippen LogP contribution in [-0.2, 0) is 32.8 Å². The molecule has 1 N–H and O–H groups in total. The number of anilines is 1. The monoisotopic (exact) mass is 569 g/mol. The fraction of sp³-hybridized carbons (Fsp3) is 0.333. The number of carbonyl (C=O) groups excluding carboxylic acids is 2. The lowest BCUT2D eigenvalue weighted by Gasteiger charge is -2.31. The SMILES string of the molecule is CCCCNC(=O)C(C)N(Cc1ccc(F)cc1)C(=O)CN(c1ccc(OCc2ccccc2)cc1)S(C)(=O)=O. The number of amides is 2. The average Bonchev–Trinajstić information content (AvgIpc) is 2.94. The van der Waals surface area contributed by atoms with Crippen molar-refractivity contribution >= 4 is 27.5 Å². The summed E-state index contributed by atoms with van der Waals surface area (Å²) in [5, 5.41) is 2.82. The van der Waals surface area contributed by atoms with E-state index >= 15 is 0 Å². The fourth-order valence-electron chi connectivity index (χ4n) is 3.97. The number of ether oxygens (including phenoxy) is 1. The van der Waals surface area contributed by atoms with E-state index in [0.29, 0.717) is 24.5 Å². The van der Waals surface area contributed by atoms with E-state index in [0.717, 1.165) is 29.0 Å². The fourth-order valence-corrected chi connectivity index (χ4v) is 4.82. The number of halogens is 1. The van der Waals surface area contributed by atoms with Gasteiger partial charge in [0.1, 0.15) is 30.8 Å². The molecule has 214 valence electrons. The molecular weight excluding hydrogens is 533 g/mol. The van der Waals surface area contributed by atoms with Crippen molar-refractivity contribution in [2.45, 2.75) is 45.9 Å². The van der Waals surface area contributed by atoms with Gasteiger partial charge in [-0.1, -0.05) is 55.8 Å². The Labute approximate surface area is 235 Å². The lowest BCUT2D eigenvalue weighted by molar-refractivity contribution is -0.139. The van der Waals surface area contributed by atoms with Gasteiger partial charge in [-0.05, 0) is 60.9 Å². The zero-order valence-electron chi connectivity index (χ0n) is 23.0. The molecule has 3 aromatic rings. The second kappa shape index (κ2) is 14.5. The maximum Gasteiger partial charge on any atom is 0.244 e. The summed E-state index contributed by atoms with van der Waals surface area (Å²) < 4.78 is 45.8. The number of nitrogens with zero attached hydrogens (tertiary/aromatic N) is 2. The highest BCUT2D eigenvalue weighted by atomic mass is 32.2. The molecule has 0 saturated carbocycles. The molecule has 3 rings (SSSR count). The third kappa shape index (κ3) is 9.08. The summed E-state index contributed by atoms with van der Waals surface area (Å²) in [6.45, 7) is 3.90. The Morgan fingerprint density at radius 1 is 0.950 bits per heavy atom. The van der Waals surface area contributed by atoms with Crippen LogP contribution in [0.4, 0.5) is 10.1 Å². The first-order chi connectivity index (χ1) is 19.1. The summed E-state index contributed by atoms with van der Waals surface area (Å²) >= 11 is 0. The molecule has 0 aromatic heterocycles. The minimum Gasteiger partial charge on any atom is -0.489 e.